The van der Waals surface area contributed by atoms with Crippen LogP contribution >= 0.6 is 0 Å². The first kappa shape index (κ1) is 11.0. The lowest BCUT2D eigenvalue weighted by atomic mass is 9.95. The van der Waals surface area contributed by atoms with Crippen LogP contribution in [-0.2, 0) is 16.0 Å². The van der Waals surface area contributed by atoms with Crippen molar-refractivity contribution >= 4 is 22.7 Å². The van der Waals surface area contributed by atoms with Crippen molar-refractivity contribution in [2.24, 2.45) is 0 Å². The molecule has 0 atom stereocenters. The van der Waals surface area contributed by atoms with Gasteiger partial charge in [0.25, 0.3) is 0 Å². The molecule has 0 saturated carbocycles. The topological polar surface area (TPSA) is 43.4 Å². The number of fused-ring (bicyclic) bond motifs is 3. The molecule has 0 N–H and O–H groups in total. The second kappa shape index (κ2) is 4.26. The number of ether oxygens (including phenoxy) is 1. The number of carbonyl (C=O) groups excluding carboxylic acids is 2. The summed E-state index contributed by atoms with van der Waals surface area (Å²) in [6, 6.07) is 11.6. The molecule has 3 rings (SSSR count). The molecule has 0 saturated heterocycles. The fraction of sp³-hybridized carbons (Fsp3) is 0.200. The fourth-order valence-corrected chi connectivity index (χ4v) is 2.39. The van der Waals surface area contributed by atoms with Crippen molar-refractivity contribution in [2.75, 3.05) is 0 Å². The standard InChI is InChI=1S/C15H12O3/c16-13-7-3-5-11-9-8-10-4-1-2-6-12(10)14(11)15(17)18-13/h1-2,4,6,8-9H,3,5,7H2. The van der Waals surface area contributed by atoms with E-state index in [1.54, 1.807) is 0 Å². The summed E-state index contributed by atoms with van der Waals surface area (Å²) in [4.78, 5) is 23.4. The first-order valence-electron chi connectivity index (χ1n) is 6.01. The van der Waals surface area contributed by atoms with Crippen molar-refractivity contribution in [3.63, 3.8) is 0 Å². The van der Waals surface area contributed by atoms with E-state index in [2.05, 4.69) is 0 Å². The molecule has 1 heterocycles. The van der Waals surface area contributed by atoms with Crippen molar-refractivity contribution in [1.82, 2.24) is 0 Å². The Balaban J connectivity index is 2.25. The average molecular weight is 240 g/mol. The molecule has 0 unspecified atom stereocenters. The van der Waals surface area contributed by atoms with Gasteiger partial charge in [-0.2, -0.15) is 0 Å². The lowest BCUT2D eigenvalue weighted by molar-refractivity contribution is -0.138. The highest BCUT2D eigenvalue weighted by Crippen LogP contribution is 2.26. The highest BCUT2D eigenvalue weighted by Gasteiger charge is 2.22. The number of hydrogen-bond acceptors (Lipinski definition) is 3. The lowest BCUT2D eigenvalue weighted by Gasteiger charge is -2.14. The molecule has 2 aromatic rings. The van der Waals surface area contributed by atoms with E-state index in [0.29, 0.717) is 12.0 Å². The molecule has 3 nitrogen and oxygen atoms in total. The molecule has 0 spiro atoms. The van der Waals surface area contributed by atoms with Crippen molar-refractivity contribution < 1.29 is 14.3 Å². The Hall–Kier alpha value is -2.16. The van der Waals surface area contributed by atoms with Gasteiger partial charge in [-0.1, -0.05) is 36.4 Å². The van der Waals surface area contributed by atoms with Crippen LogP contribution in [0, 0.1) is 0 Å². The Morgan fingerprint density at radius 1 is 0.944 bits per heavy atom. The lowest BCUT2D eigenvalue weighted by Crippen LogP contribution is -2.17. The molecule has 0 radical (unpaired) electrons. The maximum Gasteiger partial charge on any atom is 0.346 e. The second-order valence-corrected chi connectivity index (χ2v) is 4.44. The van der Waals surface area contributed by atoms with Crippen LogP contribution in [0.1, 0.15) is 28.8 Å². The first-order chi connectivity index (χ1) is 8.75. The number of rotatable bonds is 0. The average Bonchev–Trinajstić information content (AvgIpc) is 2.36. The third kappa shape index (κ3) is 1.78. The van der Waals surface area contributed by atoms with E-state index in [9.17, 15) is 9.59 Å². The highest BCUT2D eigenvalue weighted by molar-refractivity contribution is 6.08. The number of hydrogen-bond donors (Lipinski definition) is 0. The van der Waals surface area contributed by atoms with Crippen molar-refractivity contribution in [3.05, 3.63) is 47.5 Å². The van der Waals surface area contributed by atoms with E-state index in [4.69, 9.17) is 4.74 Å². The summed E-state index contributed by atoms with van der Waals surface area (Å²) >= 11 is 0. The van der Waals surface area contributed by atoms with Gasteiger partial charge in [-0.25, -0.2) is 4.79 Å². The second-order valence-electron chi connectivity index (χ2n) is 4.44. The minimum Gasteiger partial charge on any atom is -0.389 e. The zero-order chi connectivity index (χ0) is 12.5. The van der Waals surface area contributed by atoms with Gasteiger partial charge >= 0.3 is 11.9 Å². The SMILES string of the molecule is O=C1CCCc2ccc3ccccc3c2C(=O)O1. The summed E-state index contributed by atoms with van der Waals surface area (Å²) in [7, 11) is 0. The van der Waals surface area contributed by atoms with Crippen molar-refractivity contribution in [2.45, 2.75) is 19.3 Å². The van der Waals surface area contributed by atoms with E-state index in [-0.39, 0.29) is 0 Å². The summed E-state index contributed by atoms with van der Waals surface area (Å²) in [5, 5.41) is 1.84. The monoisotopic (exact) mass is 240 g/mol. The smallest absolute Gasteiger partial charge is 0.346 e. The number of benzene rings is 2. The molecule has 90 valence electrons. The molecular weight excluding hydrogens is 228 g/mol. The molecule has 0 amide bonds. The number of carbonyl (C=O) groups is 2. The summed E-state index contributed by atoms with van der Waals surface area (Å²) in [5.74, 6) is -0.954. The maximum absolute atomic E-state index is 12.0. The van der Waals surface area contributed by atoms with E-state index >= 15 is 0 Å². The number of aryl methyl sites for hydroxylation is 1. The Morgan fingerprint density at radius 3 is 2.67 bits per heavy atom. The van der Waals surface area contributed by atoms with Gasteiger partial charge in [0.2, 0.25) is 0 Å². The van der Waals surface area contributed by atoms with Crippen LogP contribution in [0.25, 0.3) is 10.8 Å². The van der Waals surface area contributed by atoms with Crippen LogP contribution in [0.3, 0.4) is 0 Å². The van der Waals surface area contributed by atoms with Crippen LogP contribution in [0.15, 0.2) is 36.4 Å². The van der Waals surface area contributed by atoms with Gasteiger partial charge in [-0.05, 0) is 29.2 Å². The Labute approximate surface area is 104 Å². The number of cyclic esters (lactones) is 2. The van der Waals surface area contributed by atoms with Gasteiger partial charge in [0.05, 0.1) is 5.56 Å². The van der Waals surface area contributed by atoms with E-state index in [1.165, 1.54) is 0 Å². The molecule has 2 aromatic carbocycles. The highest BCUT2D eigenvalue weighted by atomic mass is 16.6. The van der Waals surface area contributed by atoms with Gasteiger partial charge in [0.1, 0.15) is 0 Å². The first-order valence-corrected chi connectivity index (χ1v) is 6.01. The van der Waals surface area contributed by atoms with Gasteiger partial charge < -0.3 is 4.74 Å². The van der Waals surface area contributed by atoms with Crippen molar-refractivity contribution in [1.29, 1.82) is 0 Å². The molecule has 0 aliphatic carbocycles. The summed E-state index contributed by atoms with van der Waals surface area (Å²) in [5.41, 5.74) is 1.51. The van der Waals surface area contributed by atoms with Gasteiger partial charge in [0, 0.05) is 6.42 Å². The molecule has 1 aliphatic rings. The molecule has 3 heteroatoms. The molecule has 18 heavy (non-hydrogen) atoms. The molecule has 1 aliphatic heterocycles. The number of esters is 2. The summed E-state index contributed by atoms with van der Waals surface area (Å²) < 4.78 is 4.85. The minimum atomic E-state index is -0.522. The maximum atomic E-state index is 12.0. The largest absolute Gasteiger partial charge is 0.389 e. The van der Waals surface area contributed by atoms with Crippen LogP contribution < -0.4 is 0 Å². The molecule has 0 bridgehead atoms. The van der Waals surface area contributed by atoms with E-state index < -0.39 is 11.9 Å². The van der Waals surface area contributed by atoms with Crippen molar-refractivity contribution in [3.8, 4) is 0 Å². The van der Waals surface area contributed by atoms with Crippen LogP contribution in [0.5, 0.6) is 0 Å². The third-order valence-corrected chi connectivity index (χ3v) is 3.25. The summed E-state index contributed by atoms with van der Waals surface area (Å²) in [6.45, 7) is 0. The quantitative estimate of drug-likeness (QED) is 0.525. The normalized spacial score (nSPS) is 15.8. The van der Waals surface area contributed by atoms with Gasteiger partial charge in [-0.15, -0.1) is 0 Å². The van der Waals surface area contributed by atoms with Crippen LogP contribution in [0.4, 0.5) is 0 Å². The van der Waals surface area contributed by atoms with E-state index in [1.807, 2.05) is 36.4 Å². The van der Waals surface area contributed by atoms with Crippen LogP contribution in [0.2, 0.25) is 0 Å². The Bertz CT molecular complexity index is 643. The molecular formula is C15H12O3. The molecule has 0 fully saturated rings. The van der Waals surface area contributed by atoms with Crippen LogP contribution in [-0.4, -0.2) is 11.9 Å². The van der Waals surface area contributed by atoms with Gasteiger partial charge in [0.15, 0.2) is 0 Å². The van der Waals surface area contributed by atoms with Gasteiger partial charge in [-0.3, -0.25) is 4.79 Å². The third-order valence-electron chi connectivity index (χ3n) is 3.25. The molecule has 0 aromatic heterocycles. The zero-order valence-corrected chi connectivity index (χ0v) is 9.81. The fourth-order valence-electron chi connectivity index (χ4n) is 2.39. The summed E-state index contributed by atoms with van der Waals surface area (Å²) in [6.07, 6.45) is 1.76. The zero-order valence-electron chi connectivity index (χ0n) is 9.81. The van der Waals surface area contributed by atoms with E-state index in [0.717, 1.165) is 29.2 Å². The predicted molar refractivity (Wildman–Crippen MR) is 67.3 cm³/mol. The predicted octanol–water partition coefficient (Wildman–Crippen LogP) is 2.86. The Kier molecular flexibility index (Phi) is 2.59. The minimum absolute atomic E-state index is 0.304. The Morgan fingerprint density at radius 2 is 1.78 bits per heavy atom.